The van der Waals surface area contributed by atoms with Gasteiger partial charge in [0.1, 0.15) is 5.56 Å². The molecule has 2 heterocycles. The molecule has 144 valence electrons. The second-order valence-corrected chi connectivity index (χ2v) is 6.54. The van der Waals surface area contributed by atoms with E-state index in [2.05, 4.69) is 9.97 Å². The molecule has 0 aliphatic heterocycles. The van der Waals surface area contributed by atoms with E-state index in [-0.39, 0.29) is 22.2 Å². The summed E-state index contributed by atoms with van der Waals surface area (Å²) >= 11 is 6.23. The number of nitrogens with zero attached hydrogens (tertiary/aromatic N) is 4. The number of rotatable bonds is 3. The molecule has 0 saturated heterocycles. The topological polar surface area (TPSA) is 136 Å². The van der Waals surface area contributed by atoms with Gasteiger partial charge in [-0.1, -0.05) is 0 Å². The molecule has 0 amide bonds. The summed E-state index contributed by atoms with van der Waals surface area (Å²) in [5.74, 6) is -1.33. The van der Waals surface area contributed by atoms with E-state index < -0.39 is 22.1 Å². The predicted octanol–water partition coefficient (Wildman–Crippen LogP) is 3.34. The first-order valence-electron chi connectivity index (χ1n) is 8.06. The maximum Gasteiger partial charge on any atom is 0.315 e. The molecule has 0 aliphatic carbocycles. The van der Waals surface area contributed by atoms with Crippen LogP contribution in [0.4, 0.5) is 5.69 Å². The van der Waals surface area contributed by atoms with Gasteiger partial charge in [-0.15, -0.1) is 0 Å². The van der Waals surface area contributed by atoms with Crippen LogP contribution in [0.1, 0.15) is 16.8 Å². The van der Waals surface area contributed by atoms with Crippen LogP contribution < -0.4 is 4.73 Å². The van der Waals surface area contributed by atoms with Crippen LogP contribution in [-0.2, 0) is 0 Å². The van der Waals surface area contributed by atoms with Crippen molar-refractivity contribution in [2.45, 2.75) is 20.8 Å². The highest BCUT2D eigenvalue weighted by Gasteiger charge is 2.24. The van der Waals surface area contributed by atoms with Crippen LogP contribution in [0.3, 0.4) is 0 Å². The van der Waals surface area contributed by atoms with E-state index in [0.29, 0.717) is 16.0 Å². The molecule has 0 aliphatic rings. The van der Waals surface area contributed by atoms with Crippen molar-refractivity contribution in [1.29, 1.82) is 0 Å². The zero-order chi connectivity index (χ0) is 20.7. The fourth-order valence-corrected chi connectivity index (χ4v) is 3.16. The SMILES string of the molecule is Cc1c(C)c(C)[n+]([O-])c(Cl)c1-c1nccc(-c2cc(O)c(O)c([N+](=O)[O-])c2)n1. The summed E-state index contributed by atoms with van der Waals surface area (Å²) in [6, 6.07) is 3.72. The largest absolute Gasteiger partial charge is 0.617 e. The molecule has 0 spiro atoms. The summed E-state index contributed by atoms with van der Waals surface area (Å²) in [6.45, 7) is 5.22. The van der Waals surface area contributed by atoms with E-state index in [1.54, 1.807) is 20.8 Å². The van der Waals surface area contributed by atoms with Crippen LogP contribution >= 0.6 is 11.6 Å². The van der Waals surface area contributed by atoms with Gasteiger partial charge < -0.3 is 15.4 Å². The molecular formula is C18H15ClN4O5. The van der Waals surface area contributed by atoms with E-state index in [4.69, 9.17) is 11.6 Å². The number of aromatic nitrogens is 3. The second-order valence-electron chi connectivity index (χ2n) is 6.18. The lowest BCUT2D eigenvalue weighted by atomic mass is 10.0. The van der Waals surface area contributed by atoms with Crippen LogP contribution in [0.5, 0.6) is 11.5 Å². The molecule has 0 fully saturated rings. The number of phenols is 2. The molecule has 28 heavy (non-hydrogen) atoms. The third-order valence-electron chi connectivity index (χ3n) is 4.61. The number of nitro benzene ring substituents is 1. The number of hydrogen-bond acceptors (Lipinski definition) is 7. The molecule has 3 rings (SSSR count). The fourth-order valence-electron chi connectivity index (χ4n) is 2.81. The Balaban J connectivity index is 2.23. The van der Waals surface area contributed by atoms with E-state index in [0.717, 1.165) is 23.3 Å². The van der Waals surface area contributed by atoms with Gasteiger partial charge in [0.25, 0.3) is 5.15 Å². The van der Waals surface area contributed by atoms with E-state index in [1.165, 1.54) is 12.3 Å². The minimum absolute atomic E-state index is 0.0858. The first kappa shape index (κ1) is 19.3. The summed E-state index contributed by atoms with van der Waals surface area (Å²) in [6.07, 6.45) is 1.41. The molecule has 9 nitrogen and oxygen atoms in total. The Hall–Kier alpha value is -3.46. The molecule has 1 aromatic carbocycles. The molecule has 2 aromatic heterocycles. The van der Waals surface area contributed by atoms with Gasteiger partial charge in [0.15, 0.2) is 17.3 Å². The van der Waals surface area contributed by atoms with Gasteiger partial charge >= 0.3 is 5.69 Å². The fraction of sp³-hybridized carbons (Fsp3) is 0.167. The van der Waals surface area contributed by atoms with E-state index >= 15 is 0 Å². The maximum atomic E-state index is 12.3. The van der Waals surface area contributed by atoms with Crippen LogP contribution in [-0.4, -0.2) is 25.1 Å². The Morgan fingerprint density at radius 3 is 2.50 bits per heavy atom. The molecule has 2 N–H and O–H groups in total. The van der Waals surface area contributed by atoms with Gasteiger partial charge in [-0.25, -0.2) is 9.97 Å². The Kier molecular flexibility index (Phi) is 4.78. The Bertz CT molecular complexity index is 1100. The predicted molar refractivity (Wildman–Crippen MR) is 101 cm³/mol. The zero-order valence-electron chi connectivity index (χ0n) is 15.1. The average molecular weight is 403 g/mol. The molecule has 0 radical (unpaired) electrons. The van der Waals surface area contributed by atoms with Crippen molar-refractivity contribution in [3.8, 4) is 34.1 Å². The highest BCUT2D eigenvalue weighted by molar-refractivity contribution is 6.31. The minimum Gasteiger partial charge on any atom is -0.617 e. The summed E-state index contributed by atoms with van der Waals surface area (Å²) in [5, 5.41) is 42.7. The van der Waals surface area contributed by atoms with Gasteiger partial charge in [0.2, 0.25) is 5.75 Å². The Labute approximate surface area is 164 Å². The normalized spacial score (nSPS) is 10.9. The third-order valence-corrected chi connectivity index (χ3v) is 4.95. The number of hydrogen-bond donors (Lipinski definition) is 2. The van der Waals surface area contributed by atoms with Gasteiger partial charge in [0.05, 0.1) is 10.6 Å². The van der Waals surface area contributed by atoms with Crippen LogP contribution in [0.25, 0.3) is 22.6 Å². The lowest BCUT2D eigenvalue weighted by molar-refractivity contribution is -0.609. The zero-order valence-corrected chi connectivity index (χ0v) is 15.9. The molecule has 3 aromatic rings. The van der Waals surface area contributed by atoms with Crippen LogP contribution in [0, 0.1) is 36.1 Å². The van der Waals surface area contributed by atoms with Gasteiger partial charge in [0, 0.05) is 30.3 Å². The summed E-state index contributed by atoms with van der Waals surface area (Å²) in [7, 11) is 0. The average Bonchev–Trinajstić information content (AvgIpc) is 2.67. The summed E-state index contributed by atoms with van der Waals surface area (Å²) in [4.78, 5) is 18.8. The van der Waals surface area contributed by atoms with Crippen molar-refractivity contribution in [2.75, 3.05) is 0 Å². The monoisotopic (exact) mass is 402 g/mol. The molecule has 10 heteroatoms. The second kappa shape index (κ2) is 6.93. The smallest absolute Gasteiger partial charge is 0.315 e. The standard InChI is InChI=1S/C18H15ClN4O5/c1-8-9(2)15(17(19)22(26)10(8)3)18-20-5-4-12(21-18)11-6-13(23(27)28)16(25)14(24)7-11/h4-7,24-25H,1-3H3. The van der Waals surface area contributed by atoms with Crippen LogP contribution in [0.15, 0.2) is 24.4 Å². The van der Waals surface area contributed by atoms with Gasteiger partial charge in [-0.05, 0) is 43.1 Å². The lowest BCUT2D eigenvalue weighted by Gasteiger charge is -2.13. The molecular weight excluding hydrogens is 388 g/mol. The summed E-state index contributed by atoms with van der Waals surface area (Å²) in [5.41, 5.74) is 2.05. The first-order valence-corrected chi connectivity index (χ1v) is 8.44. The summed E-state index contributed by atoms with van der Waals surface area (Å²) < 4.78 is 0.590. The highest BCUT2D eigenvalue weighted by atomic mass is 35.5. The van der Waals surface area contributed by atoms with Gasteiger partial charge in [-0.3, -0.25) is 10.1 Å². The molecule has 0 unspecified atom stereocenters. The Morgan fingerprint density at radius 2 is 1.86 bits per heavy atom. The molecule has 0 saturated carbocycles. The number of benzene rings is 1. The van der Waals surface area contributed by atoms with Crippen LogP contribution in [0.2, 0.25) is 5.15 Å². The van der Waals surface area contributed by atoms with E-state index in [9.17, 15) is 25.5 Å². The maximum absolute atomic E-state index is 12.3. The Morgan fingerprint density at radius 1 is 1.18 bits per heavy atom. The van der Waals surface area contributed by atoms with E-state index in [1.807, 2.05) is 0 Å². The first-order chi connectivity index (χ1) is 13.1. The highest BCUT2D eigenvalue weighted by Crippen LogP contribution is 2.39. The van der Waals surface area contributed by atoms with Crippen molar-refractivity contribution < 1.29 is 19.9 Å². The van der Waals surface area contributed by atoms with Crippen molar-refractivity contribution in [3.63, 3.8) is 0 Å². The number of halogens is 1. The minimum atomic E-state index is -0.830. The molecule has 0 atom stereocenters. The number of nitro groups is 1. The van der Waals surface area contributed by atoms with Gasteiger partial charge in [-0.2, -0.15) is 4.73 Å². The van der Waals surface area contributed by atoms with Crippen molar-refractivity contribution in [3.05, 3.63) is 61.7 Å². The number of phenolic OH excluding ortho intramolecular Hbond substituents is 2. The third kappa shape index (κ3) is 3.05. The van der Waals surface area contributed by atoms with Crippen molar-refractivity contribution in [1.82, 2.24) is 9.97 Å². The quantitative estimate of drug-likeness (QED) is 0.171. The van der Waals surface area contributed by atoms with Crippen molar-refractivity contribution >= 4 is 17.3 Å². The van der Waals surface area contributed by atoms with Crippen molar-refractivity contribution in [2.24, 2.45) is 0 Å². The number of pyridine rings is 1. The lowest BCUT2D eigenvalue weighted by Crippen LogP contribution is -2.34. The number of aromatic hydroxyl groups is 2. The molecule has 0 bridgehead atoms.